The molecule has 1 unspecified atom stereocenters. The lowest BCUT2D eigenvalue weighted by atomic mass is 10.3. The number of pyridine rings is 1. The van der Waals surface area contributed by atoms with E-state index >= 15 is 0 Å². The maximum absolute atomic E-state index is 12.4. The van der Waals surface area contributed by atoms with E-state index in [2.05, 4.69) is 21.9 Å². The molecule has 0 radical (unpaired) electrons. The topological polar surface area (TPSA) is 71.1 Å². The van der Waals surface area contributed by atoms with Crippen LogP contribution in [0.25, 0.3) is 0 Å². The molecule has 1 aromatic heterocycles. The molecule has 1 heterocycles. The Morgan fingerprint density at radius 3 is 2.81 bits per heavy atom. The highest BCUT2D eigenvalue weighted by atomic mass is 32.2. The summed E-state index contributed by atoms with van der Waals surface area (Å²) in [4.78, 5) is 4.03. The van der Waals surface area contributed by atoms with Crippen LogP contribution < -0.4 is 10.0 Å². The Hall–Kier alpha value is -0.790. The lowest BCUT2D eigenvalue weighted by Crippen LogP contribution is -2.34. The van der Waals surface area contributed by atoms with Crippen molar-refractivity contribution in [3.05, 3.63) is 18.3 Å². The Labute approximate surface area is 132 Å². The average molecular weight is 332 g/mol. The number of thioether (sulfide) groups is 1. The van der Waals surface area contributed by atoms with Crippen molar-refractivity contribution in [1.82, 2.24) is 9.71 Å². The van der Waals surface area contributed by atoms with Gasteiger partial charge in [-0.1, -0.05) is 13.8 Å². The van der Waals surface area contributed by atoms with Gasteiger partial charge in [0.1, 0.15) is 0 Å². The van der Waals surface area contributed by atoms with Gasteiger partial charge in [0.05, 0.1) is 5.69 Å². The third-order valence-electron chi connectivity index (χ3n) is 2.85. The monoisotopic (exact) mass is 331 g/mol. The van der Waals surface area contributed by atoms with Gasteiger partial charge in [-0.05, 0) is 43.4 Å². The molecule has 0 aliphatic carbocycles. The molecule has 0 aliphatic heterocycles. The van der Waals surface area contributed by atoms with E-state index in [9.17, 15) is 8.42 Å². The molecule has 21 heavy (non-hydrogen) atoms. The normalized spacial score (nSPS) is 13.1. The standard InChI is InChI=1S/C14H25N3O2S2/c1-4-9-15-13-7-6-10-16-14(13)21(18,19)17-12(3)8-11-20-5-2/h6-7,10,12,15,17H,4-5,8-9,11H2,1-3H3. The highest BCUT2D eigenvalue weighted by Crippen LogP contribution is 2.18. The second-order valence-electron chi connectivity index (χ2n) is 4.79. The first-order valence-corrected chi connectivity index (χ1v) is 9.94. The largest absolute Gasteiger partial charge is 0.383 e. The molecular formula is C14H25N3O2S2. The third-order valence-corrected chi connectivity index (χ3v) is 5.33. The van der Waals surface area contributed by atoms with Crippen LogP contribution in [0.15, 0.2) is 23.4 Å². The fraction of sp³-hybridized carbons (Fsp3) is 0.643. The van der Waals surface area contributed by atoms with Gasteiger partial charge in [0.15, 0.2) is 5.03 Å². The van der Waals surface area contributed by atoms with Crippen LogP contribution in [-0.2, 0) is 10.0 Å². The molecule has 0 spiro atoms. The Bertz CT molecular complexity index is 521. The number of nitrogens with zero attached hydrogens (tertiary/aromatic N) is 1. The van der Waals surface area contributed by atoms with Gasteiger partial charge in [-0.2, -0.15) is 11.8 Å². The summed E-state index contributed by atoms with van der Waals surface area (Å²) in [5, 5.41) is 3.19. The van der Waals surface area contributed by atoms with Gasteiger partial charge >= 0.3 is 0 Å². The molecule has 0 amide bonds. The minimum absolute atomic E-state index is 0.0773. The third kappa shape index (κ3) is 6.23. The molecule has 0 saturated heterocycles. The van der Waals surface area contributed by atoms with Gasteiger partial charge in [0.25, 0.3) is 10.0 Å². The Balaban J connectivity index is 2.77. The summed E-state index contributed by atoms with van der Waals surface area (Å²) in [7, 11) is -3.59. The van der Waals surface area contributed by atoms with Crippen LogP contribution in [0.2, 0.25) is 0 Å². The first-order valence-electron chi connectivity index (χ1n) is 7.30. The van der Waals surface area contributed by atoms with Crippen molar-refractivity contribution in [1.29, 1.82) is 0 Å². The Morgan fingerprint density at radius 1 is 1.38 bits per heavy atom. The number of nitrogens with one attached hydrogen (secondary N) is 2. The van der Waals surface area contributed by atoms with Crippen molar-refractivity contribution in [3.63, 3.8) is 0 Å². The SMILES string of the molecule is CCCNc1cccnc1S(=O)(=O)NC(C)CCSCC. The average Bonchev–Trinajstić information content (AvgIpc) is 2.45. The number of aromatic nitrogens is 1. The molecule has 0 saturated carbocycles. The fourth-order valence-electron chi connectivity index (χ4n) is 1.78. The Morgan fingerprint density at radius 2 is 2.14 bits per heavy atom. The van der Waals surface area contributed by atoms with Crippen LogP contribution >= 0.6 is 11.8 Å². The molecule has 7 heteroatoms. The zero-order valence-electron chi connectivity index (χ0n) is 12.9. The second kappa shape index (κ2) is 9.27. The number of anilines is 1. The maximum atomic E-state index is 12.4. The zero-order chi connectivity index (χ0) is 15.7. The summed E-state index contributed by atoms with van der Waals surface area (Å²) in [6.07, 6.45) is 3.23. The quantitative estimate of drug-likeness (QED) is 0.645. The summed E-state index contributed by atoms with van der Waals surface area (Å²) in [6.45, 7) is 6.73. The molecule has 2 N–H and O–H groups in total. The van der Waals surface area contributed by atoms with Gasteiger partial charge in [-0.15, -0.1) is 0 Å². The van der Waals surface area contributed by atoms with Crippen molar-refractivity contribution >= 4 is 27.5 Å². The minimum Gasteiger partial charge on any atom is -0.383 e. The van der Waals surface area contributed by atoms with Crippen LogP contribution in [0, 0.1) is 0 Å². The van der Waals surface area contributed by atoms with E-state index in [1.165, 1.54) is 6.20 Å². The van der Waals surface area contributed by atoms with Crippen molar-refractivity contribution in [2.75, 3.05) is 23.4 Å². The molecule has 0 aromatic carbocycles. The number of hydrogen-bond donors (Lipinski definition) is 2. The highest BCUT2D eigenvalue weighted by molar-refractivity contribution is 7.99. The molecule has 0 aliphatic rings. The van der Waals surface area contributed by atoms with Crippen LogP contribution in [0.4, 0.5) is 5.69 Å². The van der Waals surface area contributed by atoms with E-state index < -0.39 is 10.0 Å². The van der Waals surface area contributed by atoms with Gasteiger partial charge in [0, 0.05) is 18.8 Å². The van der Waals surface area contributed by atoms with Crippen molar-refractivity contribution < 1.29 is 8.42 Å². The molecule has 5 nitrogen and oxygen atoms in total. The molecule has 1 rings (SSSR count). The summed E-state index contributed by atoms with van der Waals surface area (Å²) in [5.41, 5.74) is 0.557. The summed E-state index contributed by atoms with van der Waals surface area (Å²) >= 11 is 1.81. The molecule has 0 bridgehead atoms. The van der Waals surface area contributed by atoms with Crippen LogP contribution in [0.5, 0.6) is 0 Å². The minimum atomic E-state index is -3.59. The molecule has 120 valence electrons. The number of rotatable bonds is 10. The maximum Gasteiger partial charge on any atom is 0.260 e. The van der Waals surface area contributed by atoms with E-state index in [0.717, 1.165) is 30.9 Å². The molecular weight excluding hydrogens is 306 g/mol. The Kier molecular flexibility index (Phi) is 8.06. The van der Waals surface area contributed by atoms with Crippen LogP contribution in [0.3, 0.4) is 0 Å². The van der Waals surface area contributed by atoms with Gasteiger partial charge in [-0.3, -0.25) is 0 Å². The van der Waals surface area contributed by atoms with Gasteiger partial charge in [0.2, 0.25) is 0 Å². The van der Waals surface area contributed by atoms with E-state index in [1.807, 2.05) is 25.6 Å². The second-order valence-corrected chi connectivity index (χ2v) is 7.81. The van der Waals surface area contributed by atoms with Crippen LogP contribution in [0.1, 0.15) is 33.6 Å². The van der Waals surface area contributed by atoms with Gasteiger partial charge < -0.3 is 5.32 Å². The van der Waals surface area contributed by atoms with E-state index in [1.54, 1.807) is 12.1 Å². The number of sulfonamides is 1. The van der Waals surface area contributed by atoms with Gasteiger partial charge in [-0.25, -0.2) is 18.1 Å². The lowest BCUT2D eigenvalue weighted by Gasteiger charge is -2.16. The van der Waals surface area contributed by atoms with E-state index in [4.69, 9.17) is 0 Å². The summed E-state index contributed by atoms with van der Waals surface area (Å²) in [5.74, 6) is 1.99. The highest BCUT2D eigenvalue weighted by Gasteiger charge is 2.22. The van der Waals surface area contributed by atoms with Crippen molar-refractivity contribution in [2.45, 2.75) is 44.7 Å². The molecule has 1 atom stereocenters. The van der Waals surface area contributed by atoms with Crippen molar-refractivity contribution in [2.24, 2.45) is 0 Å². The molecule has 1 aromatic rings. The van der Waals surface area contributed by atoms with E-state index in [0.29, 0.717) is 5.69 Å². The summed E-state index contributed by atoms with van der Waals surface area (Å²) in [6, 6.07) is 3.38. The van der Waals surface area contributed by atoms with Crippen LogP contribution in [-0.4, -0.2) is 37.5 Å². The summed E-state index contributed by atoms with van der Waals surface area (Å²) < 4.78 is 27.6. The first kappa shape index (κ1) is 18.3. The number of hydrogen-bond acceptors (Lipinski definition) is 5. The molecule has 0 fully saturated rings. The van der Waals surface area contributed by atoms with Crippen molar-refractivity contribution in [3.8, 4) is 0 Å². The van der Waals surface area contributed by atoms with E-state index in [-0.39, 0.29) is 11.1 Å². The fourth-order valence-corrected chi connectivity index (χ4v) is 3.98. The predicted octanol–water partition coefficient (Wildman–Crippen LogP) is 2.71. The predicted molar refractivity (Wildman–Crippen MR) is 90.4 cm³/mol. The smallest absolute Gasteiger partial charge is 0.260 e. The lowest BCUT2D eigenvalue weighted by molar-refractivity contribution is 0.554. The first-order chi connectivity index (χ1) is 10.0. The zero-order valence-corrected chi connectivity index (χ0v) is 14.6.